The van der Waals surface area contributed by atoms with Gasteiger partial charge < -0.3 is 10.5 Å². The van der Waals surface area contributed by atoms with Crippen molar-refractivity contribution in [1.82, 2.24) is 9.78 Å². The van der Waals surface area contributed by atoms with Crippen molar-refractivity contribution in [3.63, 3.8) is 0 Å². The summed E-state index contributed by atoms with van der Waals surface area (Å²) in [5.41, 5.74) is 7.79. The summed E-state index contributed by atoms with van der Waals surface area (Å²) < 4.78 is 6.53. The lowest BCUT2D eigenvalue weighted by Crippen LogP contribution is -1.99. The van der Waals surface area contributed by atoms with Crippen LogP contribution < -0.4 is 10.5 Å². The zero-order valence-electron chi connectivity index (χ0n) is 10.7. The lowest BCUT2D eigenvalue weighted by atomic mass is 10.2. The first-order chi connectivity index (χ1) is 9.06. The van der Waals surface area contributed by atoms with E-state index in [1.807, 2.05) is 6.92 Å². The van der Waals surface area contributed by atoms with Gasteiger partial charge in [-0.3, -0.25) is 10.1 Å². The van der Waals surface area contributed by atoms with Crippen LogP contribution in [0.3, 0.4) is 0 Å². The molecule has 0 saturated carbocycles. The molecule has 0 bridgehead atoms. The molecule has 0 radical (unpaired) electrons. The van der Waals surface area contributed by atoms with Gasteiger partial charge in [-0.1, -0.05) is 0 Å². The van der Waals surface area contributed by atoms with Crippen molar-refractivity contribution in [3.05, 3.63) is 45.8 Å². The summed E-state index contributed by atoms with van der Waals surface area (Å²) in [6.45, 7) is 2.22. The molecule has 100 valence electrons. The molecule has 0 aliphatic heterocycles. The number of hydrogen-bond acceptors (Lipinski definition) is 5. The van der Waals surface area contributed by atoms with Gasteiger partial charge >= 0.3 is 5.69 Å². The standard InChI is InChI=1S/C12H14N4O3/c1-8-9(6-13)7-15(14-8)10-3-4-12(19-2)11(5-10)16(17)18/h3-5,7H,6,13H2,1-2H3. The van der Waals surface area contributed by atoms with Crippen LogP contribution in [0.4, 0.5) is 5.69 Å². The molecule has 2 aromatic rings. The number of aromatic nitrogens is 2. The Morgan fingerprint density at radius 2 is 2.26 bits per heavy atom. The topological polar surface area (TPSA) is 96.2 Å². The van der Waals surface area contributed by atoms with Gasteiger partial charge in [-0.05, 0) is 19.1 Å². The highest BCUT2D eigenvalue weighted by atomic mass is 16.6. The van der Waals surface area contributed by atoms with E-state index in [2.05, 4.69) is 5.10 Å². The summed E-state index contributed by atoms with van der Waals surface area (Å²) in [5, 5.41) is 15.2. The first-order valence-corrected chi connectivity index (χ1v) is 5.65. The molecule has 1 aromatic carbocycles. The lowest BCUT2D eigenvalue weighted by molar-refractivity contribution is -0.385. The fourth-order valence-electron chi connectivity index (χ4n) is 1.79. The van der Waals surface area contributed by atoms with Gasteiger partial charge in [0.2, 0.25) is 0 Å². The lowest BCUT2D eigenvalue weighted by Gasteiger charge is -2.04. The summed E-state index contributed by atoms with van der Waals surface area (Å²) in [7, 11) is 1.40. The Labute approximate surface area is 109 Å². The van der Waals surface area contributed by atoms with E-state index in [-0.39, 0.29) is 11.4 Å². The van der Waals surface area contributed by atoms with Crippen LogP contribution in [0.15, 0.2) is 24.4 Å². The average molecular weight is 262 g/mol. The van der Waals surface area contributed by atoms with Crippen LogP contribution in [0.2, 0.25) is 0 Å². The first-order valence-electron chi connectivity index (χ1n) is 5.65. The van der Waals surface area contributed by atoms with E-state index in [1.165, 1.54) is 13.2 Å². The number of rotatable bonds is 4. The molecule has 0 aliphatic rings. The van der Waals surface area contributed by atoms with Gasteiger partial charge in [0.25, 0.3) is 0 Å². The number of nitro benzene ring substituents is 1. The van der Waals surface area contributed by atoms with Crippen LogP contribution in [-0.4, -0.2) is 21.8 Å². The molecule has 0 aliphatic carbocycles. The molecule has 1 aromatic heterocycles. The summed E-state index contributed by atoms with van der Waals surface area (Å²) in [4.78, 5) is 10.5. The van der Waals surface area contributed by atoms with Crippen LogP contribution in [0, 0.1) is 17.0 Å². The number of nitro groups is 1. The molecule has 0 fully saturated rings. The molecule has 7 heteroatoms. The zero-order valence-corrected chi connectivity index (χ0v) is 10.7. The van der Waals surface area contributed by atoms with Crippen LogP contribution in [0.1, 0.15) is 11.3 Å². The minimum Gasteiger partial charge on any atom is -0.490 e. The van der Waals surface area contributed by atoms with Gasteiger partial charge in [-0.25, -0.2) is 4.68 Å². The Morgan fingerprint density at radius 3 is 2.79 bits per heavy atom. The van der Waals surface area contributed by atoms with E-state index < -0.39 is 4.92 Å². The minimum absolute atomic E-state index is 0.0950. The normalized spacial score (nSPS) is 10.5. The minimum atomic E-state index is -0.484. The molecule has 2 rings (SSSR count). The van der Waals surface area contributed by atoms with Gasteiger partial charge in [0.15, 0.2) is 5.75 Å². The van der Waals surface area contributed by atoms with Gasteiger partial charge in [-0.2, -0.15) is 5.10 Å². The number of nitrogens with zero attached hydrogens (tertiary/aromatic N) is 3. The van der Waals surface area contributed by atoms with Crippen molar-refractivity contribution in [2.75, 3.05) is 7.11 Å². The summed E-state index contributed by atoms with van der Waals surface area (Å²) in [6, 6.07) is 4.68. The number of benzene rings is 1. The quantitative estimate of drug-likeness (QED) is 0.666. The highest BCUT2D eigenvalue weighted by Gasteiger charge is 2.16. The largest absolute Gasteiger partial charge is 0.490 e. The highest BCUT2D eigenvalue weighted by molar-refractivity contribution is 5.53. The van der Waals surface area contributed by atoms with Crippen molar-refractivity contribution < 1.29 is 9.66 Å². The van der Waals surface area contributed by atoms with Crippen LogP contribution >= 0.6 is 0 Å². The number of aryl methyl sites for hydroxylation is 1. The van der Waals surface area contributed by atoms with E-state index >= 15 is 0 Å². The molecule has 0 saturated heterocycles. The third-order valence-electron chi connectivity index (χ3n) is 2.84. The number of hydrogen-bond donors (Lipinski definition) is 1. The monoisotopic (exact) mass is 262 g/mol. The molecule has 0 spiro atoms. The Bertz CT molecular complexity index is 621. The molecule has 0 amide bonds. The number of nitrogens with two attached hydrogens (primary N) is 1. The van der Waals surface area contributed by atoms with Crippen molar-refractivity contribution >= 4 is 5.69 Å². The van der Waals surface area contributed by atoms with Gasteiger partial charge in [-0.15, -0.1) is 0 Å². The predicted octanol–water partition coefficient (Wildman–Crippen LogP) is 1.56. The van der Waals surface area contributed by atoms with Crippen LogP contribution in [-0.2, 0) is 6.54 Å². The molecule has 1 heterocycles. The molecule has 19 heavy (non-hydrogen) atoms. The van der Waals surface area contributed by atoms with Crippen LogP contribution in [0.5, 0.6) is 5.75 Å². The zero-order chi connectivity index (χ0) is 14.0. The third-order valence-corrected chi connectivity index (χ3v) is 2.84. The fraction of sp³-hybridized carbons (Fsp3) is 0.250. The summed E-state index contributed by atoms with van der Waals surface area (Å²) in [5.74, 6) is 0.219. The van der Waals surface area contributed by atoms with Crippen molar-refractivity contribution in [1.29, 1.82) is 0 Å². The third kappa shape index (κ3) is 2.41. The van der Waals surface area contributed by atoms with Gasteiger partial charge in [0.05, 0.1) is 23.4 Å². The Morgan fingerprint density at radius 1 is 1.53 bits per heavy atom. The van der Waals surface area contributed by atoms with Crippen molar-refractivity contribution in [3.8, 4) is 11.4 Å². The maximum absolute atomic E-state index is 11.0. The van der Waals surface area contributed by atoms with Crippen molar-refractivity contribution in [2.24, 2.45) is 5.73 Å². The van der Waals surface area contributed by atoms with E-state index in [4.69, 9.17) is 10.5 Å². The SMILES string of the molecule is COc1ccc(-n2cc(CN)c(C)n2)cc1[N+](=O)[O-]. The summed E-state index contributed by atoms with van der Waals surface area (Å²) >= 11 is 0. The second-order valence-electron chi connectivity index (χ2n) is 4.00. The fourth-order valence-corrected chi connectivity index (χ4v) is 1.79. The predicted molar refractivity (Wildman–Crippen MR) is 69.4 cm³/mol. The Hall–Kier alpha value is -2.41. The number of methoxy groups -OCH3 is 1. The Kier molecular flexibility index (Phi) is 3.48. The van der Waals surface area contributed by atoms with E-state index in [1.54, 1.807) is 23.0 Å². The molecule has 0 unspecified atom stereocenters. The van der Waals surface area contributed by atoms with Crippen LogP contribution in [0.25, 0.3) is 5.69 Å². The van der Waals surface area contributed by atoms with E-state index in [9.17, 15) is 10.1 Å². The maximum atomic E-state index is 11.0. The first kappa shape index (κ1) is 13.0. The van der Waals surface area contributed by atoms with Gasteiger partial charge in [0.1, 0.15) is 0 Å². The Balaban J connectivity index is 2.50. The second-order valence-corrected chi connectivity index (χ2v) is 4.00. The maximum Gasteiger partial charge on any atom is 0.313 e. The highest BCUT2D eigenvalue weighted by Crippen LogP contribution is 2.29. The van der Waals surface area contributed by atoms with E-state index in [0.29, 0.717) is 12.2 Å². The molecule has 2 N–H and O–H groups in total. The molecule has 7 nitrogen and oxygen atoms in total. The molecular weight excluding hydrogens is 248 g/mol. The molecular formula is C12H14N4O3. The molecule has 0 atom stereocenters. The average Bonchev–Trinajstić information content (AvgIpc) is 2.79. The summed E-state index contributed by atoms with van der Waals surface area (Å²) in [6.07, 6.45) is 1.76. The smallest absolute Gasteiger partial charge is 0.313 e. The second kappa shape index (κ2) is 5.07. The van der Waals surface area contributed by atoms with Crippen molar-refractivity contribution in [2.45, 2.75) is 13.5 Å². The van der Waals surface area contributed by atoms with E-state index in [0.717, 1.165) is 11.3 Å². The number of ether oxygens (including phenoxy) is 1. The van der Waals surface area contributed by atoms with Gasteiger partial charge in [0, 0.05) is 24.4 Å².